The van der Waals surface area contributed by atoms with E-state index in [2.05, 4.69) is 21.9 Å². The smallest absolute Gasteiger partial charge is 0.223 e. The van der Waals surface area contributed by atoms with Crippen LogP contribution in [0.2, 0.25) is 0 Å². The highest BCUT2D eigenvalue weighted by Gasteiger charge is 2.03. The highest BCUT2D eigenvalue weighted by atomic mass is 16.5. The lowest BCUT2D eigenvalue weighted by Gasteiger charge is -2.03. The number of aryl methyl sites for hydroxylation is 1. The van der Waals surface area contributed by atoms with Crippen LogP contribution in [0.3, 0.4) is 0 Å². The van der Waals surface area contributed by atoms with Gasteiger partial charge in [-0.25, -0.2) is 4.98 Å². The van der Waals surface area contributed by atoms with Crippen LogP contribution in [0.25, 0.3) is 0 Å². The van der Waals surface area contributed by atoms with Gasteiger partial charge in [0.25, 0.3) is 0 Å². The van der Waals surface area contributed by atoms with Gasteiger partial charge >= 0.3 is 0 Å². The molecule has 0 aromatic carbocycles. The first-order chi connectivity index (χ1) is 6.76. The molecule has 14 heavy (non-hydrogen) atoms. The number of hydrogen-bond donors (Lipinski definition) is 1. The van der Waals surface area contributed by atoms with Gasteiger partial charge in [0, 0.05) is 13.0 Å². The van der Waals surface area contributed by atoms with Gasteiger partial charge in [0.15, 0.2) is 5.82 Å². The van der Waals surface area contributed by atoms with E-state index in [4.69, 9.17) is 10.5 Å². The topological polar surface area (TPSA) is 73.9 Å². The minimum atomic E-state index is 0.276. The maximum Gasteiger partial charge on any atom is 0.223 e. The largest absolute Gasteiger partial charge is 0.374 e. The SMILES string of the molecule is CCCc1nc(N)nc(COCC)n1. The van der Waals surface area contributed by atoms with Gasteiger partial charge in [0.05, 0.1) is 0 Å². The Hall–Kier alpha value is -1.23. The van der Waals surface area contributed by atoms with Gasteiger partial charge in [-0.05, 0) is 13.3 Å². The first-order valence-electron chi connectivity index (χ1n) is 4.83. The van der Waals surface area contributed by atoms with Crippen LogP contribution in [-0.2, 0) is 17.8 Å². The highest BCUT2D eigenvalue weighted by Crippen LogP contribution is 2.01. The summed E-state index contributed by atoms with van der Waals surface area (Å²) in [6.45, 7) is 5.05. The summed E-state index contributed by atoms with van der Waals surface area (Å²) in [6.07, 6.45) is 1.82. The fourth-order valence-electron chi connectivity index (χ4n) is 1.08. The van der Waals surface area contributed by atoms with Crippen LogP contribution in [0.15, 0.2) is 0 Å². The van der Waals surface area contributed by atoms with Crippen molar-refractivity contribution in [3.05, 3.63) is 11.6 Å². The van der Waals surface area contributed by atoms with E-state index in [-0.39, 0.29) is 5.95 Å². The summed E-state index contributed by atoms with van der Waals surface area (Å²) in [6, 6.07) is 0. The second-order valence-electron chi connectivity index (χ2n) is 2.91. The number of anilines is 1. The van der Waals surface area contributed by atoms with E-state index >= 15 is 0 Å². The summed E-state index contributed by atoms with van der Waals surface area (Å²) in [5.41, 5.74) is 5.54. The second kappa shape index (κ2) is 5.49. The fraction of sp³-hybridized carbons (Fsp3) is 0.667. The molecule has 0 aliphatic heterocycles. The zero-order valence-electron chi connectivity index (χ0n) is 8.66. The number of nitrogens with zero attached hydrogens (tertiary/aromatic N) is 3. The molecule has 0 spiro atoms. The molecule has 1 aromatic heterocycles. The maximum absolute atomic E-state index is 5.54. The zero-order valence-corrected chi connectivity index (χ0v) is 8.66. The molecule has 0 atom stereocenters. The first-order valence-corrected chi connectivity index (χ1v) is 4.83. The average Bonchev–Trinajstić information content (AvgIpc) is 2.14. The Balaban J connectivity index is 2.73. The highest BCUT2D eigenvalue weighted by molar-refractivity contribution is 5.15. The molecule has 0 saturated heterocycles. The van der Waals surface area contributed by atoms with Crippen molar-refractivity contribution < 1.29 is 4.74 Å². The van der Waals surface area contributed by atoms with Crippen LogP contribution in [0.1, 0.15) is 31.9 Å². The molecule has 0 amide bonds. The van der Waals surface area contributed by atoms with E-state index in [1.54, 1.807) is 0 Å². The molecule has 1 heterocycles. The zero-order chi connectivity index (χ0) is 10.4. The third kappa shape index (κ3) is 3.26. The third-order valence-electron chi connectivity index (χ3n) is 1.65. The Morgan fingerprint density at radius 1 is 1.14 bits per heavy atom. The minimum Gasteiger partial charge on any atom is -0.374 e. The molecule has 0 radical (unpaired) electrons. The Bertz CT molecular complexity index is 290. The Kier molecular flexibility index (Phi) is 4.25. The molecule has 0 aliphatic carbocycles. The number of aromatic nitrogens is 3. The molecule has 1 aromatic rings. The van der Waals surface area contributed by atoms with Crippen LogP contribution in [0.4, 0.5) is 5.95 Å². The maximum atomic E-state index is 5.54. The van der Waals surface area contributed by atoms with E-state index in [9.17, 15) is 0 Å². The van der Waals surface area contributed by atoms with Crippen LogP contribution >= 0.6 is 0 Å². The van der Waals surface area contributed by atoms with E-state index in [1.165, 1.54) is 0 Å². The quantitative estimate of drug-likeness (QED) is 0.758. The second-order valence-corrected chi connectivity index (χ2v) is 2.91. The average molecular weight is 196 g/mol. The molecule has 2 N–H and O–H groups in total. The Morgan fingerprint density at radius 3 is 2.50 bits per heavy atom. The van der Waals surface area contributed by atoms with Gasteiger partial charge in [-0.1, -0.05) is 6.92 Å². The van der Waals surface area contributed by atoms with Gasteiger partial charge < -0.3 is 10.5 Å². The fourth-order valence-corrected chi connectivity index (χ4v) is 1.08. The van der Waals surface area contributed by atoms with Crippen LogP contribution in [0, 0.1) is 0 Å². The lowest BCUT2D eigenvalue weighted by atomic mass is 10.3. The van der Waals surface area contributed by atoms with Gasteiger partial charge in [-0.2, -0.15) is 9.97 Å². The summed E-state index contributed by atoms with van der Waals surface area (Å²) in [5.74, 6) is 1.63. The van der Waals surface area contributed by atoms with E-state index in [1.807, 2.05) is 6.92 Å². The lowest BCUT2D eigenvalue weighted by molar-refractivity contribution is 0.128. The molecule has 0 unspecified atom stereocenters. The molecule has 0 bridgehead atoms. The summed E-state index contributed by atoms with van der Waals surface area (Å²) in [7, 11) is 0. The van der Waals surface area contributed by atoms with E-state index < -0.39 is 0 Å². The van der Waals surface area contributed by atoms with E-state index in [0.29, 0.717) is 19.0 Å². The van der Waals surface area contributed by atoms with Crippen molar-refractivity contribution in [2.75, 3.05) is 12.3 Å². The van der Waals surface area contributed by atoms with E-state index in [0.717, 1.165) is 18.7 Å². The van der Waals surface area contributed by atoms with Crippen LogP contribution in [-0.4, -0.2) is 21.6 Å². The summed E-state index contributed by atoms with van der Waals surface area (Å²) >= 11 is 0. The predicted octanol–water partition coefficient (Wildman–Crippen LogP) is 0.943. The first kappa shape index (κ1) is 10.8. The van der Waals surface area contributed by atoms with Gasteiger partial charge in [-0.3, -0.25) is 0 Å². The third-order valence-corrected chi connectivity index (χ3v) is 1.65. The number of nitrogen functional groups attached to an aromatic ring is 1. The standard InChI is InChI=1S/C9H16N4O/c1-3-5-7-11-8(6-14-4-2)13-9(10)12-7/h3-6H2,1-2H3,(H2,10,11,12,13). The van der Waals surface area contributed by atoms with Crippen molar-refractivity contribution in [3.63, 3.8) is 0 Å². The molecular formula is C9H16N4O. The Morgan fingerprint density at radius 2 is 1.86 bits per heavy atom. The molecule has 5 heteroatoms. The molecule has 1 rings (SSSR count). The predicted molar refractivity (Wildman–Crippen MR) is 53.6 cm³/mol. The summed E-state index contributed by atoms with van der Waals surface area (Å²) in [5, 5.41) is 0. The molecular weight excluding hydrogens is 180 g/mol. The molecule has 78 valence electrons. The summed E-state index contributed by atoms with van der Waals surface area (Å²) in [4.78, 5) is 12.2. The van der Waals surface area contributed by atoms with Gasteiger partial charge in [-0.15, -0.1) is 0 Å². The number of hydrogen-bond acceptors (Lipinski definition) is 5. The van der Waals surface area contributed by atoms with Gasteiger partial charge in [0.2, 0.25) is 5.95 Å². The number of rotatable bonds is 5. The monoisotopic (exact) mass is 196 g/mol. The van der Waals surface area contributed by atoms with Crippen molar-refractivity contribution in [1.29, 1.82) is 0 Å². The lowest BCUT2D eigenvalue weighted by Crippen LogP contribution is -2.08. The molecule has 0 fully saturated rings. The van der Waals surface area contributed by atoms with Crippen LogP contribution in [0.5, 0.6) is 0 Å². The summed E-state index contributed by atoms with van der Waals surface area (Å²) < 4.78 is 5.20. The number of ether oxygens (including phenoxy) is 1. The number of nitrogens with two attached hydrogens (primary N) is 1. The van der Waals surface area contributed by atoms with Crippen molar-refractivity contribution >= 4 is 5.95 Å². The molecule has 0 aliphatic rings. The van der Waals surface area contributed by atoms with Crippen molar-refractivity contribution in [3.8, 4) is 0 Å². The minimum absolute atomic E-state index is 0.276. The van der Waals surface area contributed by atoms with Crippen LogP contribution < -0.4 is 5.73 Å². The molecule has 5 nitrogen and oxygen atoms in total. The van der Waals surface area contributed by atoms with Crippen molar-refractivity contribution in [1.82, 2.24) is 15.0 Å². The normalized spacial score (nSPS) is 10.4. The Labute approximate surface area is 83.7 Å². The van der Waals surface area contributed by atoms with Crippen molar-refractivity contribution in [2.24, 2.45) is 0 Å². The van der Waals surface area contributed by atoms with Gasteiger partial charge in [0.1, 0.15) is 12.4 Å². The molecule has 0 saturated carbocycles. The van der Waals surface area contributed by atoms with Crippen molar-refractivity contribution in [2.45, 2.75) is 33.3 Å².